The lowest BCUT2D eigenvalue weighted by Crippen LogP contribution is -2.33. The summed E-state index contributed by atoms with van der Waals surface area (Å²) in [7, 11) is 0. The fourth-order valence-corrected chi connectivity index (χ4v) is 4.46. The fraction of sp³-hybridized carbons (Fsp3) is 0.150. The van der Waals surface area contributed by atoms with Crippen molar-refractivity contribution in [2.45, 2.75) is 18.7 Å². The molecule has 3 heterocycles. The van der Waals surface area contributed by atoms with E-state index in [1.165, 1.54) is 0 Å². The minimum atomic E-state index is -0.522. The molecule has 0 radical (unpaired) electrons. The minimum absolute atomic E-state index is 0.0698. The molecule has 0 bridgehead atoms. The van der Waals surface area contributed by atoms with Crippen LogP contribution < -0.4 is 4.74 Å². The van der Waals surface area contributed by atoms with Crippen molar-refractivity contribution in [3.05, 3.63) is 81.0 Å². The Morgan fingerprint density at radius 2 is 2.00 bits per heavy atom. The highest BCUT2D eigenvalue weighted by atomic mass is 35.5. The number of para-hydroxylation sites is 1. The van der Waals surface area contributed by atoms with E-state index < -0.39 is 6.23 Å². The SMILES string of the molecule is Oc1ccc(Cl)cc1C1Oc2ccccc2C2CC(c3cccs3)=NN21. The average molecular weight is 383 g/mol. The van der Waals surface area contributed by atoms with Crippen LogP contribution in [0.2, 0.25) is 5.02 Å². The summed E-state index contributed by atoms with van der Waals surface area (Å²) in [6.45, 7) is 0. The van der Waals surface area contributed by atoms with Gasteiger partial charge in [-0.1, -0.05) is 35.9 Å². The molecule has 1 aromatic heterocycles. The third-order valence-corrected chi connectivity index (χ3v) is 5.91. The normalized spacial score (nSPS) is 21.0. The summed E-state index contributed by atoms with van der Waals surface area (Å²) < 4.78 is 6.24. The van der Waals surface area contributed by atoms with Gasteiger partial charge >= 0.3 is 0 Å². The molecule has 26 heavy (non-hydrogen) atoms. The Morgan fingerprint density at radius 3 is 2.85 bits per heavy atom. The maximum atomic E-state index is 10.4. The van der Waals surface area contributed by atoms with Crippen molar-refractivity contribution in [1.82, 2.24) is 5.01 Å². The van der Waals surface area contributed by atoms with Crippen LogP contribution in [0.1, 0.15) is 34.7 Å². The van der Waals surface area contributed by atoms with Gasteiger partial charge in [-0.15, -0.1) is 11.3 Å². The molecule has 0 saturated carbocycles. The molecule has 4 nitrogen and oxygen atoms in total. The van der Waals surface area contributed by atoms with E-state index in [0.29, 0.717) is 10.6 Å². The Kier molecular flexibility index (Phi) is 3.65. The number of halogens is 1. The highest BCUT2D eigenvalue weighted by Crippen LogP contribution is 2.49. The standard InChI is InChI=1S/C20H15ClN2O2S/c21-12-7-8-17(24)14(10-12)20-23-16(13-4-1-2-5-18(13)25-20)11-15(22-23)19-6-3-9-26-19/h1-10,16,20,24H,11H2. The molecular formula is C20H15ClN2O2S. The second kappa shape index (κ2) is 6.04. The summed E-state index contributed by atoms with van der Waals surface area (Å²) in [6, 6.07) is 17.2. The zero-order chi connectivity index (χ0) is 17.7. The highest BCUT2D eigenvalue weighted by molar-refractivity contribution is 7.12. The molecule has 3 aromatic rings. The van der Waals surface area contributed by atoms with E-state index in [-0.39, 0.29) is 11.8 Å². The molecule has 0 saturated heterocycles. The second-order valence-corrected chi connectivity index (χ2v) is 7.72. The van der Waals surface area contributed by atoms with Gasteiger partial charge in [-0.05, 0) is 35.7 Å². The molecule has 2 unspecified atom stereocenters. The zero-order valence-electron chi connectivity index (χ0n) is 13.7. The fourth-order valence-electron chi connectivity index (χ4n) is 3.55. The topological polar surface area (TPSA) is 45.1 Å². The quantitative estimate of drug-likeness (QED) is 0.649. The van der Waals surface area contributed by atoms with Gasteiger partial charge in [0.05, 0.1) is 22.2 Å². The van der Waals surface area contributed by atoms with Crippen LogP contribution in [0.4, 0.5) is 0 Å². The first kappa shape index (κ1) is 15.7. The number of hydrogen-bond acceptors (Lipinski definition) is 5. The number of ether oxygens (including phenoxy) is 1. The van der Waals surface area contributed by atoms with Crippen LogP contribution in [0.25, 0.3) is 0 Å². The maximum absolute atomic E-state index is 10.4. The largest absolute Gasteiger partial charge is 0.507 e. The van der Waals surface area contributed by atoms with Crippen LogP contribution in [0.5, 0.6) is 11.5 Å². The van der Waals surface area contributed by atoms with E-state index in [1.54, 1.807) is 29.5 Å². The first-order valence-corrected chi connectivity index (χ1v) is 9.60. The van der Waals surface area contributed by atoms with E-state index >= 15 is 0 Å². The van der Waals surface area contributed by atoms with E-state index in [0.717, 1.165) is 28.3 Å². The summed E-state index contributed by atoms with van der Waals surface area (Å²) in [4.78, 5) is 1.16. The minimum Gasteiger partial charge on any atom is -0.507 e. The number of benzene rings is 2. The van der Waals surface area contributed by atoms with E-state index in [1.807, 2.05) is 29.3 Å². The molecule has 2 aromatic carbocycles. The number of phenols is 1. The number of phenolic OH excluding ortho intramolecular Hbond substituents is 1. The lowest BCUT2D eigenvalue weighted by Gasteiger charge is -2.38. The molecule has 6 heteroatoms. The molecule has 0 aliphatic carbocycles. The molecular weight excluding hydrogens is 368 g/mol. The molecule has 2 atom stereocenters. The smallest absolute Gasteiger partial charge is 0.217 e. The first-order valence-electron chi connectivity index (χ1n) is 8.34. The predicted octanol–water partition coefficient (Wildman–Crippen LogP) is 5.35. The Labute approximate surface area is 159 Å². The Balaban J connectivity index is 1.64. The lowest BCUT2D eigenvalue weighted by atomic mass is 9.97. The molecule has 130 valence electrons. The second-order valence-electron chi connectivity index (χ2n) is 6.34. The average Bonchev–Trinajstić information content (AvgIpc) is 3.32. The van der Waals surface area contributed by atoms with Crippen molar-refractivity contribution in [3.8, 4) is 11.5 Å². The number of thiophene rings is 1. The Hall–Kier alpha value is -2.50. The van der Waals surface area contributed by atoms with Crippen LogP contribution >= 0.6 is 22.9 Å². The number of hydrazone groups is 1. The van der Waals surface area contributed by atoms with Crippen LogP contribution in [0, 0.1) is 0 Å². The van der Waals surface area contributed by atoms with Crippen molar-refractivity contribution in [3.63, 3.8) is 0 Å². The van der Waals surface area contributed by atoms with Crippen molar-refractivity contribution >= 4 is 28.6 Å². The zero-order valence-corrected chi connectivity index (χ0v) is 15.2. The summed E-state index contributed by atoms with van der Waals surface area (Å²) in [5, 5.41) is 19.8. The molecule has 0 fully saturated rings. The number of rotatable bonds is 2. The highest BCUT2D eigenvalue weighted by Gasteiger charge is 2.41. The molecule has 0 spiro atoms. The van der Waals surface area contributed by atoms with Crippen LogP contribution in [0.3, 0.4) is 0 Å². The Morgan fingerprint density at radius 1 is 1.12 bits per heavy atom. The number of aromatic hydroxyl groups is 1. The monoisotopic (exact) mass is 382 g/mol. The van der Waals surface area contributed by atoms with Gasteiger partial charge < -0.3 is 9.84 Å². The Bertz CT molecular complexity index is 1000. The van der Waals surface area contributed by atoms with Crippen molar-refractivity contribution in [1.29, 1.82) is 0 Å². The van der Waals surface area contributed by atoms with Crippen LogP contribution in [-0.2, 0) is 0 Å². The first-order chi connectivity index (χ1) is 12.7. The lowest BCUT2D eigenvalue weighted by molar-refractivity contribution is -0.0203. The molecule has 5 rings (SSSR count). The van der Waals surface area contributed by atoms with Crippen molar-refractivity contribution in [2.75, 3.05) is 0 Å². The van der Waals surface area contributed by atoms with Gasteiger partial charge in [0, 0.05) is 17.0 Å². The van der Waals surface area contributed by atoms with Crippen molar-refractivity contribution in [2.24, 2.45) is 5.10 Å². The van der Waals surface area contributed by atoms with Gasteiger partial charge in [0.15, 0.2) is 0 Å². The molecule has 2 aliphatic heterocycles. The van der Waals surface area contributed by atoms with Gasteiger partial charge in [-0.2, -0.15) is 5.10 Å². The van der Waals surface area contributed by atoms with E-state index in [4.69, 9.17) is 21.4 Å². The molecule has 2 aliphatic rings. The summed E-state index contributed by atoms with van der Waals surface area (Å²) in [6.07, 6.45) is 0.282. The maximum Gasteiger partial charge on any atom is 0.217 e. The molecule has 0 amide bonds. The van der Waals surface area contributed by atoms with E-state index in [2.05, 4.69) is 17.5 Å². The predicted molar refractivity (Wildman–Crippen MR) is 103 cm³/mol. The van der Waals surface area contributed by atoms with Gasteiger partial charge in [0.2, 0.25) is 6.23 Å². The molecule has 1 N–H and O–H groups in total. The van der Waals surface area contributed by atoms with E-state index in [9.17, 15) is 5.11 Å². The van der Waals surface area contributed by atoms with Gasteiger partial charge in [-0.3, -0.25) is 0 Å². The third-order valence-electron chi connectivity index (χ3n) is 4.76. The summed E-state index contributed by atoms with van der Waals surface area (Å²) >= 11 is 7.85. The summed E-state index contributed by atoms with van der Waals surface area (Å²) in [5.41, 5.74) is 2.77. The number of fused-ring (bicyclic) bond motifs is 3. The van der Waals surface area contributed by atoms with Crippen molar-refractivity contribution < 1.29 is 9.84 Å². The summed E-state index contributed by atoms with van der Waals surface area (Å²) in [5.74, 6) is 0.970. The van der Waals surface area contributed by atoms with Gasteiger partial charge in [0.1, 0.15) is 11.5 Å². The number of nitrogens with zero attached hydrogens (tertiary/aromatic N) is 2. The van der Waals surface area contributed by atoms with Gasteiger partial charge in [-0.25, -0.2) is 5.01 Å². The van der Waals surface area contributed by atoms with Crippen LogP contribution in [0.15, 0.2) is 65.1 Å². The van der Waals surface area contributed by atoms with Crippen LogP contribution in [-0.4, -0.2) is 15.8 Å². The third kappa shape index (κ3) is 2.47. The van der Waals surface area contributed by atoms with Gasteiger partial charge in [0.25, 0.3) is 0 Å². The number of hydrogen-bond donors (Lipinski definition) is 1.